The maximum atomic E-state index is 11.8. The van der Waals surface area contributed by atoms with Gasteiger partial charge in [-0.05, 0) is 18.2 Å². The lowest BCUT2D eigenvalue weighted by Crippen LogP contribution is -2.40. The Bertz CT molecular complexity index is 495. The van der Waals surface area contributed by atoms with Gasteiger partial charge < -0.3 is 15.0 Å². The van der Waals surface area contributed by atoms with Gasteiger partial charge in [0.05, 0.1) is 17.3 Å². The molecular formula is C13H16Cl2N2O3. The molecule has 0 saturated heterocycles. The fourth-order valence-electron chi connectivity index (χ4n) is 1.55. The molecule has 1 aromatic carbocycles. The van der Waals surface area contributed by atoms with Gasteiger partial charge in [0.1, 0.15) is 6.54 Å². The molecule has 1 N–H and O–H groups in total. The molecule has 1 rings (SSSR count). The van der Waals surface area contributed by atoms with Crippen LogP contribution in [0.15, 0.2) is 18.2 Å². The van der Waals surface area contributed by atoms with Crippen LogP contribution >= 0.6 is 23.2 Å². The monoisotopic (exact) mass is 318 g/mol. The number of methoxy groups -OCH3 is 1. The van der Waals surface area contributed by atoms with E-state index in [4.69, 9.17) is 27.9 Å². The van der Waals surface area contributed by atoms with Crippen molar-refractivity contribution in [1.82, 2.24) is 5.32 Å². The molecule has 0 heterocycles. The standard InChI is InChI=1S/C13H16Cl2N2O3/c1-9(18)17(8-13(19)16-5-6-20-2)12-7-10(14)3-4-11(12)15/h3-4,7H,5-6,8H2,1-2H3,(H,16,19). The molecule has 5 nitrogen and oxygen atoms in total. The van der Waals surface area contributed by atoms with Gasteiger partial charge >= 0.3 is 0 Å². The van der Waals surface area contributed by atoms with E-state index in [1.165, 1.54) is 11.8 Å². The summed E-state index contributed by atoms with van der Waals surface area (Å²) in [6.07, 6.45) is 0. The predicted molar refractivity (Wildman–Crippen MR) is 79.4 cm³/mol. The number of hydrogen-bond donors (Lipinski definition) is 1. The van der Waals surface area contributed by atoms with Gasteiger partial charge in [-0.1, -0.05) is 23.2 Å². The third-order valence-corrected chi connectivity index (χ3v) is 3.06. The number of carbonyl (C=O) groups excluding carboxylic acids is 2. The highest BCUT2D eigenvalue weighted by molar-refractivity contribution is 6.35. The van der Waals surface area contributed by atoms with Crippen LogP contribution in [-0.2, 0) is 14.3 Å². The van der Waals surface area contributed by atoms with E-state index in [1.54, 1.807) is 25.3 Å². The molecule has 2 amide bonds. The zero-order chi connectivity index (χ0) is 15.1. The predicted octanol–water partition coefficient (Wildman–Crippen LogP) is 2.11. The Morgan fingerprint density at radius 1 is 1.35 bits per heavy atom. The first-order chi connectivity index (χ1) is 9.45. The lowest BCUT2D eigenvalue weighted by Gasteiger charge is -2.22. The number of nitrogens with zero attached hydrogens (tertiary/aromatic N) is 1. The molecule has 1 aromatic rings. The van der Waals surface area contributed by atoms with Crippen molar-refractivity contribution in [2.75, 3.05) is 31.7 Å². The second kappa shape index (κ2) is 8.09. The van der Waals surface area contributed by atoms with Crippen molar-refractivity contribution in [3.8, 4) is 0 Å². The molecule has 0 aromatic heterocycles. The molecule has 0 unspecified atom stereocenters. The molecule has 0 saturated carbocycles. The first-order valence-electron chi connectivity index (χ1n) is 5.94. The van der Waals surface area contributed by atoms with E-state index in [2.05, 4.69) is 5.32 Å². The molecule has 0 spiro atoms. The summed E-state index contributed by atoms with van der Waals surface area (Å²) in [5, 5.41) is 3.43. The minimum Gasteiger partial charge on any atom is -0.383 e. The number of carbonyl (C=O) groups is 2. The minimum absolute atomic E-state index is 0.126. The van der Waals surface area contributed by atoms with Crippen molar-refractivity contribution in [1.29, 1.82) is 0 Å². The molecule has 0 bridgehead atoms. The van der Waals surface area contributed by atoms with Gasteiger partial charge in [0, 0.05) is 25.6 Å². The SMILES string of the molecule is COCCNC(=O)CN(C(C)=O)c1cc(Cl)ccc1Cl. The van der Waals surface area contributed by atoms with Crippen LogP contribution in [-0.4, -0.2) is 38.6 Å². The zero-order valence-corrected chi connectivity index (χ0v) is 12.8. The molecule has 0 fully saturated rings. The first-order valence-corrected chi connectivity index (χ1v) is 6.70. The first kappa shape index (κ1) is 16.8. The third-order valence-electron chi connectivity index (χ3n) is 2.51. The van der Waals surface area contributed by atoms with Gasteiger partial charge in [0.25, 0.3) is 0 Å². The van der Waals surface area contributed by atoms with Crippen molar-refractivity contribution in [2.45, 2.75) is 6.92 Å². The van der Waals surface area contributed by atoms with Gasteiger partial charge in [-0.15, -0.1) is 0 Å². The van der Waals surface area contributed by atoms with Crippen LogP contribution in [0.3, 0.4) is 0 Å². The lowest BCUT2D eigenvalue weighted by atomic mass is 10.2. The summed E-state index contributed by atoms with van der Waals surface area (Å²) >= 11 is 11.9. The second-order valence-corrected chi connectivity index (χ2v) is 4.89. The Labute approximate surface area is 127 Å². The van der Waals surface area contributed by atoms with Crippen LogP contribution in [0, 0.1) is 0 Å². The average Bonchev–Trinajstić information content (AvgIpc) is 2.39. The van der Waals surface area contributed by atoms with Crippen LogP contribution in [0.5, 0.6) is 0 Å². The number of ether oxygens (including phenoxy) is 1. The van der Waals surface area contributed by atoms with E-state index >= 15 is 0 Å². The lowest BCUT2D eigenvalue weighted by molar-refractivity contribution is -0.123. The molecule has 7 heteroatoms. The zero-order valence-electron chi connectivity index (χ0n) is 11.3. The maximum absolute atomic E-state index is 11.8. The summed E-state index contributed by atoms with van der Waals surface area (Å²) in [5.74, 6) is -0.593. The molecule has 110 valence electrons. The van der Waals surface area contributed by atoms with Crippen LogP contribution < -0.4 is 10.2 Å². The minimum atomic E-state index is -0.298. The largest absolute Gasteiger partial charge is 0.383 e. The van der Waals surface area contributed by atoms with Gasteiger partial charge in [-0.2, -0.15) is 0 Å². The van der Waals surface area contributed by atoms with Gasteiger partial charge in [-0.3, -0.25) is 9.59 Å². The second-order valence-electron chi connectivity index (χ2n) is 4.04. The van der Waals surface area contributed by atoms with E-state index in [-0.39, 0.29) is 18.4 Å². The van der Waals surface area contributed by atoms with Crippen molar-refractivity contribution in [3.05, 3.63) is 28.2 Å². The Hall–Kier alpha value is -1.30. The highest BCUT2D eigenvalue weighted by atomic mass is 35.5. The summed E-state index contributed by atoms with van der Waals surface area (Å²) in [7, 11) is 1.54. The Morgan fingerprint density at radius 2 is 2.05 bits per heavy atom. The number of nitrogens with one attached hydrogen (secondary N) is 1. The normalized spacial score (nSPS) is 10.2. The van der Waals surface area contributed by atoms with Crippen molar-refractivity contribution < 1.29 is 14.3 Å². The van der Waals surface area contributed by atoms with Crippen LogP contribution in [0.25, 0.3) is 0 Å². The summed E-state index contributed by atoms with van der Waals surface area (Å²) in [4.78, 5) is 24.7. The summed E-state index contributed by atoms with van der Waals surface area (Å²) < 4.78 is 4.83. The van der Waals surface area contributed by atoms with E-state index in [0.717, 1.165) is 0 Å². The Morgan fingerprint density at radius 3 is 2.65 bits per heavy atom. The number of anilines is 1. The van der Waals surface area contributed by atoms with E-state index in [1.807, 2.05) is 0 Å². The molecule has 0 radical (unpaired) electrons. The van der Waals surface area contributed by atoms with Gasteiger partial charge in [0.2, 0.25) is 11.8 Å². The van der Waals surface area contributed by atoms with Crippen LogP contribution in [0.4, 0.5) is 5.69 Å². The molecule has 20 heavy (non-hydrogen) atoms. The van der Waals surface area contributed by atoms with E-state index in [9.17, 15) is 9.59 Å². The van der Waals surface area contributed by atoms with Crippen molar-refractivity contribution in [2.24, 2.45) is 0 Å². The summed E-state index contributed by atoms with van der Waals surface area (Å²) in [6, 6.07) is 4.75. The highest BCUT2D eigenvalue weighted by Crippen LogP contribution is 2.29. The number of hydrogen-bond acceptors (Lipinski definition) is 3. The molecule has 0 aliphatic rings. The number of benzene rings is 1. The maximum Gasteiger partial charge on any atom is 0.240 e. The molecule has 0 aliphatic carbocycles. The summed E-state index contributed by atoms with van der Waals surface area (Å²) in [6.45, 7) is 2.02. The van der Waals surface area contributed by atoms with Crippen molar-refractivity contribution in [3.63, 3.8) is 0 Å². The van der Waals surface area contributed by atoms with E-state index < -0.39 is 0 Å². The molecule has 0 aliphatic heterocycles. The van der Waals surface area contributed by atoms with Gasteiger partial charge in [0.15, 0.2) is 0 Å². The van der Waals surface area contributed by atoms with E-state index in [0.29, 0.717) is 28.9 Å². The van der Waals surface area contributed by atoms with Gasteiger partial charge in [-0.25, -0.2) is 0 Å². The topological polar surface area (TPSA) is 58.6 Å². The average molecular weight is 319 g/mol. The number of rotatable bonds is 6. The quantitative estimate of drug-likeness (QED) is 0.817. The fraction of sp³-hybridized carbons (Fsp3) is 0.385. The third kappa shape index (κ3) is 5.00. The Kier molecular flexibility index (Phi) is 6.78. The molecular weight excluding hydrogens is 303 g/mol. The highest BCUT2D eigenvalue weighted by Gasteiger charge is 2.18. The smallest absolute Gasteiger partial charge is 0.240 e. The van der Waals surface area contributed by atoms with Crippen molar-refractivity contribution >= 4 is 40.7 Å². The van der Waals surface area contributed by atoms with Crippen LogP contribution in [0.1, 0.15) is 6.92 Å². The Balaban J connectivity index is 2.82. The molecule has 0 atom stereocenters. The number of amides is 2. The fourth-order valence-corrected chi connectivity index (χ4v) is 1.94. The summed E-state index contributed by atoms with van der Waals surface area (Å²) in [5.41, 5.74) is 0.411. The number of halogens is 2. The van der Waals surface area contributed by atoms with Crippen LogP contribution in [0.2, 0.25) is 10.0 Å².